The summed E-state index contributed by atoms with van der Waals surface area (Å²) in [5.41, 5.74) is 2.65. The minimum Gasteiger partial charge on any atom is -0.377 e. The molecule has 1 atom stereocenters. The second-order valence-corrected chi connectivity index (χ2v) is 5.86. The summed E-state index contributed by atoms with van der Waals surface area (Å²) in [6.45, 7) is 3.77. The molecule has 1 saturated heterocycles. The summed E-state index contributed by atoms with van der Waals surface area (Å²) < 4.78 is 7.45. The molecule has 1 aliphatic heterocycles. The van der Waals surface area contributed by atoms with E-state index in [1.54, 1.807) is 12.4 Å². The van der Waals surface area contributed by atoms with Crippen molar-refractivity contribution in [3.05, 3.63) is 47.8 Å². The van der Waals surface area contributed by atoms with Gasteiger partial charge in [-0.05, 0) is 31.9 Å². The van der Waals surface area contributed by atoms with E-state index in [2.05, 4.69) is 9.97 Å². The van der Waals surface area contributed by atoms with Gasteiger partial charge in [-0.15, -0.1) is 0 Å². The fraction of sp³-hybridized carbons (Fsp3) is 0.471. The standard InChI is InChI=1S/C17H22N4O2/c1-13-15(19-8-7-18-13)6-5-14-12-23-11-10-21(14)17(22)16-4-3-9-20(16)2/h3-4,7-9,14H,5-6,10-12H2,1-2H3/t14-/m0/s1. The maximum absolute atomic E-state index is 12.8. The van der Waals surface area contributed by atoms with Crippen LogP contribution in [0.15, 0.2) is 30.7 Å². The number of nitrogens with zero attached hydrogens (tertiary/aromatic N) is 4. The van der Waals surface area contributed by atoms with E-state index in [-0.39, 0.29) is 11.9 Å². The van der Waals surface area contributed by atoms with Crippen LogP contribution in [0.1, 0.15) is 28.3 Å². The van der Waals surface area contributed by atoms with E-state index in [1.807, 2.05) is 41.8 Å². The lowest BCUT2D eigenvalue weighted by Crippen LogP contribution is -2.49. The maximum Gasteiger partial charge on any atom is 0.270 e. The van der Waals surface area contributed by atoms with Crippen LogP contribution in [0.3, 0.4) is 0 Å². The van der Waals surface area contributed by atoms with Crippen molar-refractivity contribution in [2.75, 3.05) is 19.8 Å². The molecule has 1 amide bonds. The Hall–Kier alpha value is -2.21. The molecule has 0 aromatic carbocycles. The SMILES string of the molecule is Cc1nccnc1CC[C@H]1COCCN1C(=O)c1cccn1C. The van der Waals surface area contributed by atoms with Crippen LogP contribution >= 0.6 is 0 Å². The molecule has 0 aliphatic carbocycles. The molecular weight excluding hydrogens is 292 g/mol. The Morgan fingerprint density at radius 3 is 2.96 bits per heavy atom. The molecule has 0 N–H and O–H groups in total. The highest BCUT2D eigenvalue weighted by molar-refractivity contribution is 5.93. The number of hydrogen-bond donors (Lipinski definition) is 0. The zero-order chi connectivity index (χ0) is 16.2. The predicted octanol–water partition coefficient (Wildman–Crippen LogP) is 1.60. The molecule has 6 heteroatoms. The van der Waals surface area contributed by atoms with E-state index in [0.717, 1.165) is 24.2 Å². The first-order chi connectivity index (χ1) is 11.2. The molecular formula is C17H22N4O2. The van der Waals surface area contributed by atoms with Gasteiger partial charge in [-0.1, -0.05) is 0 Å². The van der Waals surface area contributed by atoms with Gasteiger partial charge in [-0.2, -0.15) is 0 Å². The van der Waals surface area contributed by atoms with Crippen molar-refractivity contribution in [1.82, 2.24) is 19.4 Å². The summed E-state index contributed by atoms with van der Waals surface area (Å²) in [4.78, 5) is 23.4. The van der Waals surface area contributed by atoms with Crippen LogP contribution in [-0.2, 0) is 18.2 Å². The van der Waals surface area contributed by atoms with Gasteiger partial charge in [0.25, 0.3) is 5.91 Å². The maximum atomic E-state index is 12.8. The van der Waals surface area contributed by atoms with Crippen LogP contribution in [0.4, 0.5) is 0 Å². The summed E-state index contributed by atoms with van der Waals surface area (Å²) in [6.07, 6.45) is 6.94. The van der Waals surface area contributed by atoms with Gasteiger partial charge in [-0.25, -0.2) is 0 Å². The number of morpholine rings is 1. The van der Waals surface area contributed by atoms with Gasteiger partial charge < -0.3 is 14.2 Å². The Balaban J connectivity index is 1.70. The molecule has 2 aromatic rings. The Morgan fingerprint density at radius 1 is 1.39 bits per heavy atom. The van der Waals surface area contributed by atoms with Gasteiger partial charge in [-0.3, -0.25) is 14.8 Å². The number of ether oxygens (including phenoxy) is 1. The largest absolute Gasteiger partial charge is 0.377 e. The minimum atomic E-state index is 0.0710. The minimum absolute atomic E-state index is 0.0710. The fourth-order valence-electron chi connectivity index (χ4n) is 2.98. The number of hydrogen-bond acceptors (Lipinski definition) is 4. The highest BCUT2D eigenvalue weighted by Gasteiger charge is 2.29. The van der Waals surface area contributed by atoms with E-state index in [4.69, 9.17) is 4.74 Å². The van der Waals surface area contributed by atoms with Crippen molar-refractivity contribution >= 4 is 5.91 Å². The third kappa shape index (κ3) is 3.42. The Labute approximate surface area is 136 Å². The lowest BCUT2D eigenvalue weighted by Gasteiger charge is -2.35. The van der Waals surface area contributed by atoms with Crippen LogP contribution < -0.4 is 0 Å². The van der Waals surface area contributed by atoms with Crippen molar-refractivity contribution in [1.29, 1.82) is 0 Å². The van der Waals surface area contributed by atoms with Gasteiger partial charge in [0, 0.05) is 32.2 Å². The molecule has 0 bridgehead atoms. The summed E-state index contributed by atoms with van der Waals surface area (Å²) in [6, 6.07) is 3.83. The lowest BCUT2D eigenvalue weighted by atomic mass is 10.1. The normalized spacial score (nSPS) is 18.2. The summed E-state index contributed by atoms with van der Waals surface area (Å²) >= 11 is 0. The molecule has 3 rings (SSSR count). The highest BCUT2D eigenvalue weighted by atomic mass is 16.5. The molecule has 1 fully saturated rings. The predicted molar refractivity (Wildman–Crippen MR) is 86.1 cm³/mol. The number of aromatic nitrogens is 3. The first-order valence-corrected chi connectivity index (χ1v) is 7.93. The van der Waals surface area contributed by atoms with E-state index in [9.17, 15) is 4.79 Å². The second kappa shape index (κ2) is 6.91. The Bertz CT molecular complexity index is 683. The first-order valence-electron chi connectivity index (χ1n) is 7.93. The van der Waals surface area contributed by atoms with Gasteiger partial charge in [0.2, 0.25) is 0 Å². The van der Waals surface area contributed by atoms with Crippen molar-refractivity contribution in [2.45, 2.75) is 25.8 Å². The number of aryl methyl sites for hydroxylation is 3. The monoisotopic (exact) mass is 314 g/mol. The molecule has 0 unspecified atom stereocenters. The molecule has 2 aromatic heterocycles. The van der Waals surface area contributed by atoms with Crippen LogP contribution in [-0.4, -0.2) is 51.1 Å². The molecule has 3 heterocycles. The van der Waals surface area contributed by atoms with E-state index in [0.29, 0.717) is 25.5 Å². The van der Waals surface area contributed by atoms with Crippen molar-refractivity contribution in [3.8, 4) is 0 Å². The van der Waals surface area contributed by atoms with Crippen LogP contribution in [0.5, 0.6) is 0 Å². The summed E-state index contributed by atoms with van der Waals surface area (Å²) in [5.74, 6) is 0.0710. The molecule has 122 valence electrons. The van der Waals surface area contributed by atoms with Crippen molar-refractivity contribution in [2.24, 2.45) is 7.05 Å². The van der Waals surface area contributed by atoms with Crippen LogP contribution in [0.2, 0.25) is 0 Å². The van der Waals surface area contributed by atoms with Gasteiger partial charge in [0.1, 0.15) is 5.69 Å². The van der Waals surface area contributed by atoms with E-state index in [1.165, 1.54) is 0 Å². The third-order valence-corrected chi connectivity index (χ3v) is 4.35. The molecule has 1 aliphatic rings. The number of carbonyl (C=O) groups is 1. The fourth-order valence-corrected chi connectivity index (χ4v) is 2.98. The van der Waals surface area contributed by atoms with Crippen LogP contribution in [0.25, 0.3) is 0 Å². The molecule has 0 spiro atoms. The zero-order valence-corrected chi connectivity index (χ0v) is 13.6. The van der Waals surface area contributed by atoms with Gasteiger partial charge >= 0.3 is 0 Å². The second-order valence-electron chi connectivity index (χ2n) is 5.86. The highest BCUT2D eigenvalue weighted by Crippen LogP contribution is 2.17. The third-order valence-electron chi connectivity index (χ3n) is 4.35. The average Bonchev–Trinajstić information content (AvgIpc) is 3.00. The average molecular weight is 314 g/mol. The molecule has 6 nitrogen and oxygen atoms in total. The Morgan fingerprint density at radius 2 is 2.22 bits per heavy atom. The number of rotatable bonds is 4. The molecule has 0 radical (unpaired) electrons. The van der Waals surface area contributed by atoms with E-state index < -0.39 is 0 Å². The molecule has 23 heavy (non-hydrogen) atoms. The van der Waals surface area contributed by atoms with Gasteiger partial charge in [0.05, 0.1) is 30.6 Å². The van der Waals surface area contributed by atoms with Gasteiger partial charge in [0.15, 0.2) is 0 Å². The quantitative estimate of drug-likeness (QED) is 0.860. The number of amides is 1. The molecule has 0 saturated carbocycles. The zero-order valence-electron chi connectivity index (χ0n) is 13.6. The topological polar surface area (TPSA) is 60.3 Å². The van der Waals surface area contributed by atoms with Crippen molar-refractivity contribution < 1.29 is 9.53 Å². The first kappa shape index (κ1) is 15.7. The summed E-state index contributed by atoms with van der Waals surface area (Å²) in [5, 5.41) is 0. The lowest BCUT2D eigenvalue weighted by molar-refractivity contribution is -0.00462. The Kier molecular flexibility index (Phi) is 4.71. The summed E-state index contributed by atoms with van der Waals surface area (Å²) in [7, 11) is 1.89. The number of carbonyl (C=O) groups excluding carboxylic acids is 1. The van der Waals surface area contributed by atoms with Crippen LogP contribution in [0, 0.1) is 6.92 Å². The van der Waals surface area contributed by atoms with E-state index >= 15 is 0 Å². The smallest absolute Gasteiger partial charge is 0.270 e. The van der Waals surface area contributed by atoms with Crippen molar-refractivity contribution in [3.63, 3.8) is 0 Å².